The number of sulfone groups is 1. The number of carboxylic acid groups (broad SMARTS) is 1. The molecule has 9 heteroatoms. The third-order valence-electron chi connectivity index (χ3n) is 4.07. The van der Waals surface area contributed by atoms with Gasteiger partial charge in [-0.05, 0) is 18.1 Å². The Hall–Kier alpha value is -1.87. The minimum absolute atomic E-state index is 0.0131. The maximum atomic E-state index is 12.0. The van der Waals surface area contributed by atoms with Crippen LogP contribution in [-0.4, -0.2) is 48.9 Å². The van der Waals surface area contributed by atoms with Crippen molar-refractivity contribution in [1.82, 2.24) is 0 Å². The third-order valence-corrected chi connectivity index (χ3v) is 5.78. The van der Waals surface area contributed by atoms with E-state index < -0.39 is 28.7 Å². The van der Waals surface area contributed by atoms with Crippen LogP contribution in [0.15, 0.2) is 18.2 Å². The van der Waals surface area contributed by atoms with E-state index >= 15 is 0 Å². The molecule has 0 unspecified atom stereocenters. The zero-order valence-corrected chi connectivity index (χ0v) is 14.1. The van der Waals surface area contributed by atoms with Gasteiger partial charge in [0.25, 0.3) is 0 Å². The standard InChI is InChI=1S/C15H19BO7S/c1-2-24(21,22)7-6-12(17)9-11-8-10-4-3-5-13(15(18)19)14(10)23-16(11)20/h3-5,11,20H,2,6-9H2,1H3,(H,18,19)/t11-/m1/s1. The Labute approximate surface area is 140 Å². The minimum Gasteiger partial charge on any atom is -0.535 e. The first-order chi connectivity index (χ1) is 11.2. The molecule has 2 rings (SSSR count). The Morgan fingerprint density at radius 1 is 1.38 bits per heavy atom. The van der Waals surface area contributed by atoms with Crippen LogP contribution >= 0.6 is 0 Å². The molecule has 0 amide bonds. The summed E-state index contributed by atoms with van der Waals surface area (Å²) in [6, 6.07) is 4.65. The Morgan fingerprint density at radius 2 is 2.08 bits per heavy atom. The molecule has 0 spiro atoms. The summed E-state index contributed by atoms with van der Waals surface area (Å²) in [6.07, 6.45) is 0.183. The average molecular weight is 354 g/mol. The van der Waals surface area contributed by atoms with Crippen molar-refractivity contribution in [3.8, 4) is 5.75 Å². The molecule has 7 nitrogen and oxygen atoms in total. The lowest BCUT2D eigenvalue weighted by atomic mass is 9.64. The van der Waals surface area contributed by atoms with Crippen molar-refractivity contribution in [2.24, 2.45) is 0 Å². The van der Waals surface area contributed by atoms with Crippen molar-refractivity contribution < 1.29 is 32.8 Å². The number of Topliss-reactive ketones (excluding diaryl/α,β-unsaturated/α-hetero) is 1. The van der Waals surface area contributed by atoms with E-state index in [1.54, 1.807) is 12.1 Å². The molecular formula is C15H19BO7S. The van der Waals surface area contributed by atoms with Gasteiger partial charge in [0.15, 0.2) is 0 Å². The summed E-state index contributed by atoms with van der Waals surface area (Å²) in [6.45, 7) is 1.52. The molecule has 130 valence electrons. The molecule has 0 aromatic heterocycles. The molecule has 0 saturated carbocycles. The summed E-state index contributed by atoms with van der Waals surface area (Å²) in [5.41, 5.74) is 0.574. The van der Waals surface area contributed by atoms with Crippen molar-refractivity contribution in [3.63, 3.8) is 0 Å². The van der Waals surface area contributed by atoms with Gasteiger partial charge in [-0.1, -0.05) is 19.1 Å². The van der Waals surface area contributed by atoms with E-state index in [4.69, 9.17) is 9.76 Å². The highest BCUT2D eigenvalue weighted by molar-refractivity contribution is 7.91. The molecular weight excluding hydrogens is 335 g/mol. The molecule has 0 bridgehead atoms. The van der Waals surface area contributed by atoms with E-state index in [9.17, 15) is 23.0 Å². The zero-order chi connectivity index (χ0) is 17.9. The lowest BCUT2D eigenvalue weighted by Crippen LogP contribution is -2.36. The lowest BCUT2D eigenvalue weighted by molar-refractivity contribution is -0.118. The molecule has 0 aliphatic carbocycles. The van der Waals surface area contributed by atoms with Gasteiger partial charge in [-0.2, -0.15) is 0 Å². The second-order valence-corrected chi connectivity index (χ2v) is 8.27. The monoisotopic (exact) mass is 354 g/mol. The molecule has 24 heavy (non-hydrogen) atoms. The molecule has 0 radical (unpaired) electrons. The molecule has 1 aromatic carbocycles. The molecule has 1 atom stereocenters. The van der Waals surface area contributed by atoms with Crippen molar-refractivity contribution in [1.29, 1.82) is 0 Å². The van der Waals surface area contributed by atoms with Gasteiger partial charge >= 0.3 is 13.1 Å². The minimum atomic E-state index is -3.21. The van der Waals surface area contributed by atoms with Crippen LogP contribution < -0.4 is 4.65 Å². The number of ketones is 1. The van der Waals surface area contributed by atoms with E-state index in [2.05, 4.69) is 0 Å². The Bertz CT molecular complexity index is 744. The zero-order valence-electron chi connectivity index (χ0n) is 13.3. The van der Waals surface area contributed by atoms with Crippen LogP contribution in [-0.2, 0) is 21.1 Å². The first-order valence-electron chi connectivity index (χ1n) is 7.65. The number of carbonyl (C=O) groups excluding carboxylic acids is 1. The Balaban J connectivity index is 2.05. The average Bonchev–Trinajstić information content (AvgIpc) is 2.53. The molecule has 1 aromatic rings. The number of hydrogen-bond acceptors (Lipinski definition) is 6. The van der Waals surface area contributed by atoms with Crippen LogP contribution in [0.5, 0.6) is 5.75 Å². The molecule has 1 aliphatic rings. The number of hydrogen-bond donors (Lipinski definition) is 2. The van der Waals surface area contributed by atoms with Gasteiger partial charge < -0.3 is 14.8 Å². The van der Waals surface area contributed by atoms with Crippen LogP contribution in [0.25, 0.3) is 0 Å². The van der Waals surface area contributed by atoms with Gasteiger partial charge in [0, 0.05) is 24.4 Å². The first kappa shape index (κ1) is 18.5. The SMILES string of the molecule is CCS(=O)(=O)CCC(=O)C[C@H]1Cc2cccc(C(=O)O)c2OB1O. The highest BCUT2D eigenvalue weighted by Gasteiger charge is 2.37. The van der Waals surface area contributed by atoms with E-state index in [-0.39, 0.29) is 41.4 Å². The second kappa shape index (κ2) is 7.35. The fourth-order valence-electron chi connectivity index (χ4n) is 2.63. The molecule has 0 fully saturated rings. The van der Waals surface area contributed by atoms with Gasteiger partial charge in [0.05, 0.1) is 11.3 Å². The highest BCUT2D eigenvalue weighted by atomic mass is 32.2. The maximum absolute atomic E-state index is 12.0. The molecule has 0 saturated heterocycles. The van der Waals surface area contributed by atoms with Crippen LogP contribution in [0.4, 0.5) is 0 Å². The van der Waals surface area contributed by atoms with Crippen LogP contribution in [0, 0.1) is 0 Å². The first-order valence-corrected chi connectivity index (χ1v) is 9.47. The topological polar surface area (TPSA) is 118 Å². The smallest absolute Gasteiger partial charge is 0.526 e. The number of para-hydroxylation sites is 1. The van der Waals surface area contributed by atoms with Crippen molar-refractivity contribution >= 4 is 28.7 Å². The van der Waals surface area contributed by atoms with Gasteiger partial charge in [0.2, 0.25) is 0 Å². The molecule has 1 heterocycles. The summed E-state index contributed by atoms with van der Waals surface area (Å²) < 4.78 is 28.2. The summed E-state index contributed by atoms with van der Waals surface area (Å²) in [7, 11) is -4.51. The van der Waals surface area contributed by atoms with Gasteiger partial charge in [-0.15, -0.1) is 0 Å². The quantitative estimate of drug-likeness (QED) is 0.700. The summed E-state index contributed by atoms with van der Waals surface area (Å²) >= 11 is 0. The summed E-state index contributed by atoms with van der Waals surface area (Å²) in [4.78, 5) is 23.2. The summed E-state index contributed by atoms with van der Waals surface area (Å²) in [5.74, 6) is -2.05. The molecule has 2 N–H and O–H groups in total. The van der Waals surface area contributed by atoms with Crippen LogP contribution in [0.3, 0.4) is 0 Å². The van der Waals surface area contributed by atoms with Gasteiger partial charge in [-0.3, -0.25) is 4.79 Å². The third kappa shape index (κ3) is 4.36. The number of carboxylic acids is 1. The Morgan fingerprint density at radius 3 is 2.71 bits per heavy atom. The van der Waals surface area contributed by atoms with E-state index in [0.717, 1.165) is 0 Å². The number of aromatic carboxylic acids is 1. The number of carbonyl (C=O) groups is 2. The van der Waals surface area contributed by atoms with E-state index in [1.807, 2.05) is 0 Å². The fraction of sp³-hybridized carbons (Fsp3) is 0.467. The largest absolute Gasteiger partial charge is 0.535 e. The van der Waals surface area contributed by atoms with Crippen LogP contribution in [0.1, 0.15) is 35.7 Å². The predicted molar refractivity (Wildman–Crippen MR) is 88.0 cm³/mol. The van der Waals surface area contributed by atoms with Gasteiger partial charge in [-0.25, -0.2) is 13.2 Å². The predicted octanol–water partition coefficient (Wildman–Crippen LogP) is 0.954. The van der Waals surface area contributed by atoms with E-state index in [1.165, 1.54) is 13.0 Å². The molecule has 1 aliphatic heterocycles. The normalized spacial score (nSPS) is 17.1. The number of benzene rings is 1. The van der Waals surface area contributed by atoms with Crippen molar-refractivity contribution in [3.05, 3.63) is 29.3 Å². The van der Waals surface area contributed by atoms with Crippen molar-refractivity contribution in [2.75, 3.05) is 11.5 Å². The Kier molecular flexibility index (Phi) is 5.66. The maximum Gasteiger partial charge on any atom is 0.526 e. The number of rotatable bonds is 7. The van der Waals surface area contributed by atoms with E-state index in [0.29, 0.717) is 12.0 Å². The fourth-order valence-corrected chi connectivity index (χ4v) is 3.46. The highest BCUT2D eigenvalue weighted by Crippen LogP contribution is 2.36. The number of fused-ring (bicyclic) bond motifs is 1. The second-order valence-electron chi connectivity index (χ2n) is 5.80. The lowest BCUT2D eigenvalue weighted by Gasteiger charge is -2.28. The van der Waals surface area contributed by atoms with Crippen LogP contribution in [0.2, 0.25) is 5.82 Å². The van der Waals surface area contributed by atoms with Crippen molar-refractivity contribution in [2.45, 2.75) is 32.0 Å². The summed E-state index contributed by atoms with van der Waals surface area (Å²) in [5, 5.41) is 19.2. The van der Waals surface area contributed by atoms with Gasteiger partial charge in [0.1, 0.15) is 21.4 Å².